The normalized spacial score (nSPS) is 15.4. The fourth-order valence-electron chi connectivity index (χ4n) is 4.37. The first kappa shape index (κ1) is 24.8. The van der Waals surface area contributed by atoms with E-state index in [-0.39, 0.29) is 12.3 Å². The summed E-state index contributed by atoms with van der Waals surface area (Å²) in [5, 5.41) is 5.11. The van der Waals surface area contributed by atoms with E-state index in [1.165, 1.54) is 4.90 Å². The maximum Gasteiger partial charge on any atom is 0.256 e. The molecule has 37 heavy (non-hydrogen) atoms. The zero-order chi connectivity index (χ0) is 25.9. The number of methoxy groups -OCH3 is 2. The van der Waals surface area contributed by atoms with Crippen LogP contribution < -0.4 is 14.4 Å². The molecule has 0 saturated carbocycles. The molecule has 0 N–H and O–H groups in total. The number of rotatable bonds is 8. The Labute approximate surface area is 225 Å². The van der Waals surface area contributed by atoms with Crippen molar-refractivity contribution in [3.05, 3.63) is 95.2 Å². The second-order valence-electron chi connectivity index (χ2n) is 8.55. The largest absolute Gasteiger partial charge is 0.497 e. The number of hydrogen-bond donors (Lipinski definition) is 0. The number of thiocarbonyl (C=S) groups is 1. The van der Waals surface area contributed by atoms with Crippen LogP contribution in [0.3, 0.4) is 0 Å². The van der Waals surface area contributed by atoms with Crippen molar-refractivity contribution in [2.75, 3.05) is 19.1 Å². The van der Waals surface area contributed by atoms with Gasteiger partial charge < -0.3 is 18.9 Å². The van der Waals surface area contributed by atoms with Gasteiger partial charge in [0.05, 0.1) is 19.9 Å². The van der Waals surface area contributed by atoms with Gasteiger partial charge in [-0.25, -0.2) is 0 Å². The highest BCUT2D eigenvalue weighted by molar-refractivity contribution is 7.80. The molecule has 0 radical (unpaired) electrons. The van der Waals surface area contributed by atoms with Crippen molar-refractivity contribution in [1.29, 1.82) is 0 Å². The lowest BCUT2D eigenvalue weighted by Crippen LogP contribution is -2.36. The van der Waals surface area contributed by atoms with Crippen LogP contribution in [0, 0.1) is 0 Å². The second-order valence-corrected chi connectivity index (χ2v) is 9.35. The van der Waals surface area contributed by atoms with Crippen molar-refractivity contribution in [3.8, 4) is 22.8 Å². The standard InChI is InChI=1S/C28H24ClN3O4S/c1-34-22-11-18(12-23(14-22)35-2)17-31-26(16-24-15-25(30-36-24)19-7-4-3-5-8-19)27(33)32(28(31)37)21-10-6-9-20(29)13-21/h3-15,26H,16-17H2,1-2H3. The SMILES string of the molecule is COc1cc(CN2C(=S)N(c3cccc(Cl)c3)C(=O)C2Cc2cc(-c3ccccc3)no2)cc(OC)c1. The van der Waals surface area contributed by atoms with Gasteiger partial charge in [0.1, 0.15) is 29.0 Å². The molecule has 1 saturated heterocycles. The molecule has 0 spiro atoms. The van der Waals surface area contributed by atoms with Gasteiger partial charge in [-0.05, 0) is 48.1 Å². The molecule has 188 valence electrons. The number of hydrogen-bond acceptors (Lipinski definition) is 6. The fourth-order valence-corrected chi connectivity index (χ4v) is 4.94. The number of nitrogens with zero attached hydrogens (tertiary/aromatic N) is 3. The molecule has 4 aromatic rings. The molecule has 7 nitrogen and oxygen atoms in total. The van der Waals surface area contributed by atoms with Crippen LogP contribution in [0.5, 0.6) is 11.5 Å². The predicted octanol–water partition coefficient (Wildman–Crippen LogP) is 5.76. The summed E-state index contributed by atoms with van der Waals surface area (Å²) in [5.74, 6) is 1.72. The van der Waals surface area contributed by atoms with Crippen LogP contribution in [0.25, 0.3) is 11.3 Å². The lowest BCUT2D eigenvalue weighted by atomic mass is 10.1. The number of amides is 1. The third-order valence-electron chi connectivity index (χ3n) is 6.17. The van der Waals surface area contributed by atoms with Crippen LogP contribution in [0.15, 0.2) is 83.4 Å². The molecule has 2 heterocycles. The van der Waals surface area contributed by atoms with Gasteiger partial charge in [-0.15, -0.1) is 0 Å². The minimum absolute atomic E-state index is 0.167. The first-order valence-electron chi connectivity index (χ1n) is 11.6. The summed E-state index contributed by atoms with van der Waals surface area (Å²) in [7, 11) is 3.20. The molecular weight excluding hydrogens is 510 g/mol. The number of aromatic nitrogens is 1. The van der Waals surface area contributed by atoms with Gasteiger partial charge in [0.2, 0.25) is 0 Å². The number of halogens is 1. The van der Waals surface area contributed by atoms with Crippen molar-refractivity contribution in [2.45, 2.75) is 19.0 Å². The van der Waals surface area contributed by atoms with Crippen LogP contribution in [0.4, 0.5) is 5.69 Å². The van der Waals surface area contributed by atoms with Gasteiger partial charge in [-0.3, -0.25) is 9.69 Å². The third-order valence-corrected chi connectivity index (χ3v) is 6.82. The van der Waals surface area contributed by atoms with Crippen molar-refractivity contribution in [3.63, 3.8) is 0 Å². The zero-order valence-electron chi connectivity index (χ0n) is 20.3. The molecule has 1 aliphatic rings. The van der Waals surface area contributed by atoms with Gasteiger partial charge in [0.15, 0.2) is 5.11 Å². The molecule has 5 rings (SSSR count). The topological polar surface area (TPSA) is 68.0 Å². The monoisotopic (exact) mass is 533 g/mol. The van der Waals surface area contributed by atoms with Gasteiger partial charge in [-0.2, -0.15) is 0 Å². The zero-order valence-corrected chi connectivity index (χ0v) is 21.8. The van der Waals surface area contributed by atoms with Gasteiger partial charge >= 0.3 is 0 Å². The summed E-state index contributed by atoms with van der Waals surface area (Å²) in [5.41, 5.74) is 3.14. The Morgan fingerprint density at radius 3 is 2.38 bits per heavy atom. The number of ether oxygens (including phenoxy) is 2. The van der Waals surface area contributed by atoms with Crippen molar-refractivity contribution in [1.82, 2.24) is 10.1 Å². The van der Waals surface area contributed by atoms with Crippen molar-refractivity contribution >= 4 is 40.5 Å². The Balaban J connectivity index is 1.49. The Bertz CT molecular complexity index is 1420. The van der Waals surface area contributed by atoms with Gasteiger partial charge in [0, 0.05) is 35.7 Å². The highest BCUT2D eigenvalue weighted by Gasteiger charge is 2.44. The highest BCUT2D eigenvalue weighted by atomic mass is 35.5. The molecular formula is C28H24ClN3O4S. The first-order chi connectivity index (χ1) is 18.0. The Morgan fingerprint density at radius 2 is 1.70 bits per heavy atom. The maximum absolute atomic E-state index is 13.8. The molecule has 1 aromatic heterocycles. The average Bonchev–Trinajstić information content (AvgIpc) is 3.47. The van der Waals surface area contributed by atoms with E-state index in [0.717, 1.165) is 11.1 Å². The lowest BCUT2D eigenvalue weighted by Gasteiger charge is -2.24. The number of carbonyl (C=O) groups is 1. The summed E-state index contributed by atoms with van der Waals surface area (Å²) in [6, 6.07) is 23.7. The third kappa shape index (κ3) is 5.16. The van der Waals surface area contributed by atoms with E-state index in [1.54, 1.807) is 38.5 Å². The van der Waals surface area contributed by atoms with Crippen molar-refractivity contribution < 1.29 is 18.8 Å². The summed E-state index contributed by atoms with van der Waals surface area (Å²) in [6.07, 6.45) is 0.289. The van der Waals surface area contributed by atoms with E-state index < -0.39 is 6.04 Å². The molecule has 1 unspecified atom stereocenters. The second kappa shape index (κ2) is 10.6. The van der Waals surface area contributed by atoms with Gasteiger partial charge in [-0.1, -0.05) is 53.2 Å². The quantitative estimate of drug-likeness (QED) is 0.267. The van der Waals surface area contributed by atoms with E-state index in [9.17, 15) is 4.79 Å². The molecule has 1 aliphatic heterocycles. The summed E-state index contributed by atoms with van der Waals surface area (Å²) in [6.45, 7) is 0.361. The molecule has 9 heteroatoms. The molecule has 3 aromatic carbocycles. The predicted molar refractivity (Wildman–Crippen MR) is 146 cm³/mol. The lowest BCUT2D eigenvalue weighted by molar-refractivity contribution is -0.119. The average molecular weight is 534 g/mol. The smallest absolute Gasteiger partial charge is 0.256 e. The van der Waals surface area contributed by atoms with Crippen LogP contribution in [0.2, 0.25) is 5.02 Å². The molecule has 0 aliphatic carbocycles. The van der Waals surface area contributed by atoms with E-state index in [1.807, 2.05) is 59.5 Å². The van der Waals surface area contributed by atoms with Gasteiger partial charge in [0.25, 0.3) is 5.91 Å². The summed E-state index contributed by atoms with van der Waals surface area (Å²) < 4.78 is 16.5. The molecule has 1 fully saturated rings. The Morgan fingerprint density at radius 1 is 0.973 bits per heavy atom. The molecule has 1 atom stereocenters. The minimum atomic E-state index is -0.611. The summed E-state index contributed by atoms with van der Waals surface area (Å²) in [4.78, 5) is 17.2. The first-order valence-corrected chi connectivity index (χ1v) is 12.4. The minimum Gasteiger partial charge on any atom is -0.497 e. The van der Waals surface area contributed by atoms with E-state index in [4.69, 9.17) is 37.8 Å². The summed E-state index contributed by atoms with van der Waals surface area (Å²) >= 11 is 12.1. The van der Waals surface area contributed by atoms with Crippen molar-refractivity contribution in [2.24, 2.45) is 0 Å². The van der Waals surface area contributed by atoms with E-state index in [0.29, 0.717) is 45.3 Å². The molecule has 0 bridgehead atoms. The number of anilines is 1. The molecule has 1 amide bonds. The van der Waals surface area contributed by atoms with E-state index >= 15 is 0 Å². The number of carbonyl (C=O) groups excluding carboxylic acids is 1. The highest BCUT2D eigenvalue weighted by Crippen LogP contribution is 2.32. The van der Waals surface area contributed by atoms with Crippen LogP contribution in [-0.2, 0) is 17.8 Å². The van der Waals surface area contributed by atoms with E-state index in [2.05, 4.69) is 5.16 Å². The van der Waals surface area contributed by atoms with Crippen LogP contribution in [-0.4, -0.2) is 41.3 Å². The van der Waals surface area contributed by atoms with Crippen LogP contribution >= 0.6 is 23.8 Å². The maximum atomic E-state index is 13.8. The fraction of sp³-hybridized carbons (Fsp3) is 0.179. The number of benzene rings is 3. The Kier molecular flexibility index (Phi) is 7.12. The van der Waals surface area contributed by atoms with Crippen LogP contribution in [0.1, 0.15) is 11.3 Å². The Hall–Kier alpha value is -3.88.